The van der Waals surface area contributed by atoms with Crippen molar-refractivity contribution in [1.82, 2.24) is 0 Å². The Morgan fingerprint density at radius 1 is 0.315 bits per heavy atom. The molecule has 0 nitrogen and oxygen atoms in total. The number of unbranched alkanes of at least 4 members (excludes halogenated alkanes) is 20. The van der Waals surface area contributed by atoms with E-state index >= 15 is 0 Å². The molecule has 2 heteroatoms. The standard InChI is InChI=1S/C52H76Br2/c1-5-9-13-17-21-25-33-51(34-26-22-18-14-10-6-2)47-37-41(53)29-31-43(47)45-40-50-46(39-49(45)51)44-32-30-42(54)38-48(44)52(50,35-27-23-19-15-11-7-3)36-28-24-20-16-12-8-4/h29-32,37-40H,5-28,33-36H2,1-4H3. The van der Waals surface area contributed by atoms with Crippen molar-refractivity contribution < 1.29 is 0 Å². The Kier molecular flexibility index (Phi) is 18.2. The third-order valence-electron chi connectivity index (χ3n) is 13.6. The molecule has 0 fully saturated rings. The zero-order chi connectivity index (χ0) is 38.2. The number of halogens is 2. The molecule has 0 saturated heterocycles. The summed E-state index contributed by atoms with van der Waals surface area (Å²) < 4.78 is 2.49. The Labute approximate surface area is 350 Å². The van der Waals surface area contributed by atoms with Crippen molar-refractivity contribution in [3.05, 3.63) is 79.7 Å². The Balaban J connectivity index is 1.59. The van der Waals surface area contributed by atoms with Gasteiger partial charge in [-0.05, 0) is 107 Å². The van der Waals surface area contributed by atoms with Crippen LogP contribution in [0.3, 0.4) is 0 Å². The smallest absolute Gasteiger partial charge is 0.0215 e. The van der Waals surface area contributed by atoms with Crippen molar-refractivity contribution in [3.63, 3.8) is 0 Å². The highest BCUT2D eigenvalue weighted by Gasteiger charge is 2.47. The van der Waals surface area contributed by atoms with Crippen LogP contribution in [-0.4, -0.2) is 0 Å². The van der Waals surface area contributed by atoms with Crippen LogP contribution in [0, 0.1) is 0 Å². The van der Waals surface area contributed by atoms with Gasteiger partial charge in [0.15, 0.2) is 0 Å². The van der Waals surface area contributed by atoms with Gasteiger partial charge >= 0.3 is 0 Å². The molecule has 0 saturated carbocycles. The number of hydrogen-bond acceptors (Lipinski definition) is 0. The van der Waals surface area contributed by atoms with Gasteiger partial charge in [-0.3, -0.25) is 0 Å². The summed E-state index contributed by atoms with van der Waals surface area (Å²) in [5, 5.41) is 0. The molecule has 0 bridgehead atoms. The van der Waals surface area contributed by atoms with Crippen LogP contribution >= 0.6 is 31.9 Å². The van der Waals surface area contributed by atoms with Gasteiger partial charge in [0.25, 0.3) is 0 Å². The van der Waals surface area contributed by atoms with Crippen LogP contribution in [0.25, 0.3) is 22.3 Å². The molecule has 54 heavy (non-hydrogen) atoms. The lowest BCUT2D eigenvalue weighted by molar-refractivity contribution is 0.394. The minimum absolute atomic E-state index is 0.0956. The molecule has 0 radical (unpaired) electrons. The minimum atomic E-state index is 0.0956. The van der Waals surface area contributed by atoms with Crippen LogP contribution in [0.15, 0.2) is 57.5 Å². The van der Waals surface area contributed by atoms with E-state index in [1.54, 1.807) is 33.4 Å². The Hall–Kier alpha value is -1.38. The summed E-state index contributed by atoms with van der Waals surface area (Å²) in [6, 6.07) is 20.3. The summed E-state index contributed by atoms with van der Waals surface area (Å²) in [7, 11) is 0. The minimum Gasteiger partial charge on any atom is -0.0654 e. The average Bonchev–Trinajstić information content (AvgIpc) is 3.58. The second-order valence-electron chi connectivity index (χ2n) is 17.6. The number of benzene rings is 3. The summed E-state index contributed by atoms with van der Waals surface area (Å²) in [6.07, 6.45) is 37.7. The van der Waals surface area contributed by atoms with Crippen LogP contribution in [0.4, 0.5) is 0 Å². The van der Waals surface area contributed by atoms with E-state index < -0.39 is 0 Å². The first kappa shape index (κ1) is 43.7. The molecule has 3 aromatic carbocycles. The summed E-state index contributed by atoms with van der Waals surface area (Å²) in [6.45, 7) is 9.35. The van der Waals surface area contributed by atoms with E-state index in [9.17, 15) is 0 Å². The van der Waals surface area contributed by atoms with Crippen molar-refractivity contribution in [2.75, 3.05) is 0 Å². The first-order valence-corrected chi connectivity index (χ1v) is 24.8. The maximum atomic E-state index is 3.98. The fraction of sp³-hybridized carbons (Fsp3) is 0.654. The van der Waals surface area contributed by atoms with Gasteiger partial charge in [0.2, 0.25) is 0 Å². The maximum Gasteiger partial charge on any atom is 0.0215 e. The number of rotatable bonds is 28. The summed E-state index contributed by atoms with van der Waals surface area (Å²) >= 11 is 7.96. The maximum absolute atomic E-state index is 3.98. The van der Waals surface area contributed by atoms with Gasteiger partial charge in [0.1, 0.15) is 0 Å². The quantitative estimate of drug-likeness (QED) is 0.0638. The molecule has 0 aromatic heterocycles. The van der Waals surface area contributed by atoms with Gasteiger partial charge in [-0.25, -0.2) is 0 Å². The third-order valence-corrected chi connectivity index (χ3v) is 14.6. The average molecular weight is 861 g/mol. The van der Waals surface area contributed by atoms with Crippen LogP contribution < -0.4 is 0 Å². The van der Waals surface area contributed by atoms with Crippen molar-refractivity contribution >= 4 is 31.9 Å². The summed E-state index contributed by atoms with van der Waals surface area (Å²) in [5.74, 6) is 0. The molecule has 0 N–H and O–H groups in total. The molecule has 2 aliphatic carbocycles. The van der Waals surface area contributed by atoms with Crippen molar-refractivity contribution in [3.8, 4) is 22.3 Å². The molecule has 0 amide bonds. The van der Waals surface area contributed by atoms with Gasteiger partial charge in [0, 0.05) is 19.8 Å². The predicted octanol–water partition coefficient (Wildman–Crippen LogP) is 18.7. The molecule has 298 valence electrons. The molecule has 0 unspecified atom stereocenters. The summed E-state index contributed by atoms with van der Waals surface area (Å²) in [4.78, 5) is 0. The van der Waals surface area contributed by atoms with E-state index in [0.717, 1.165) is 0 Å². The fourth-order valence-electron chi connectivity index (χ4n) is 10.6. The normalized spacial score (nSPS) is 14.6. The number of hydrogen-bond donors (Lipinski definition) is 0. The van der Waals surface area contributed by atoms with E-state index in [1.165, 1.54) is 200 Å². The van der Waals surface area contributed by atoms with Crippen LogP contribution in [0.2, 0.25) is 0 Å². The van der Waals surface area contributed by atoms with Gasteiger partial charge in [-0.1, -0.05) is 226 Å². The van der Waals surface area contributed by atoms with E-state index in [-0.39, 0.29) is 10.8 Å². The Morgan fingerprint density at radius 2 is 0.574 bits per heavy atom. The molecule has 2 aliphatic rings. The topological polar surface area (TPSA) is 0 Å². The van der Waals surface area contributed by atoms with E-state index in [1.807, 2.05) is 0 Å². The Morgan fingerprint density at radius 3 is 0.870 bits per heavy atom. The first-order chi connectivity index (χ1) is 26.5. The lowest BCUT2D eigenvalue weighted by atomic mass is 9.68. The van der Waals surface area contributed by atoms with Crippen LogP contribution in [0.1, 0.15) is 230 Å². The van der Waals surface area contributed by atoms with Gasteiger partial charge < -0.3 is 0 Å². The summed E-state index contributed by atoms with van der Waals surface area (Å²) in [5.41, 5.74) is 12.9. The molecule has 0 atom stereocenters. The SMILES string of the molecule is CCCCCCCCC1(CCCCCCCC)c2cc(Br)ccc2-c2cc3c(cc21)-c1ccc(Br)cc1C3(CCCCCCCC)CCCCCCCC. The molecule has 0 aliphatic heterocycles. The molecule has 3 aromatic rings. The fourth-order valence-corrected chi connectivity index (χ4v) is 11.3. The molecule has 0 heterocycles. The van der Waals surface area contributed by atoms with Crippen molar-refractivity contribution in [1.29, 1.82) is 0 Å². The van der Waals surface area contributed by atoms with E-state index in [2.05, 4.69) is 108 Å². The first-order valence-electron chi connectivity index (χ1n) is 23.3. The van der Waals surface area contributed by atoms with Crippen molar-refractivity contribution in [2.45, 2.75) is 218 Å². The second kappa shape index (κ2) is 22.5. The monoisotopic (exact) mass is 858 g/mol. The highest BCUT2D eigenvalue weighted by molar-refractivity contribution is 9.10. The highest BCUT2D eigenvalue weighted by Crippen LogP contribution is 2.61. The third kappa shape index (κ3) is 10.6. The van der Waals surface area contributed by atoms with E-state index in [0.29, 0.717) is 0 Å². The largest absolute Gasteiger partial charge is 0.0654 e. The van der Waals surface area contributed by atoms with Crippen molar-refractivity contribution in [2.24, 2.45) is 0 Å². The zero-order valence-corrected chi connectivity index (χ0v) is 38.3. The molecule has 5 rings (SSSR count). The zero-order valence-electron chi connectivity index (χ0n) is 35.2. The van der Waals surface area contributed by atoms with Gasteiger partial charge in [-0.15, -0.1) is 0 Å². The predicted molar refractivity (Wildman–Crippen MR) is 246 cm³/mol. The lowest BCUT2D eigenvalue weighted by Gasteiger charge is -2.35. The molecule has 0 spiro atoms. The Bertz CT molecular complexity index is 1420. The van der Waals surface area contributed by atoms with Gasteiger partial charge in [-0.2, -0.15) is 0 Å². The van der Waals surface area contributed by atoms with Crippen LogP contribution in [0.5, 0.6) is 0 Å². The van der Waals surface area contributed by atoms with Gasteiger partial charge in [0.05, 0.1) is 0 Å². The highest BCUT2D eigenvalue weighted by atomic mass is 79.9. The number of fused-ring (bicyclic) bond motifs is 6. The molecular weight excluding hydrogens is 784 g/mol. The second-order valence-corrected chi connectivity index (χ2v) is 19.4. The van der Waals surface area contributed by atoms with Crippen LogP contribution in [-0.2, 0) is 10.8 Å². The van der Waals surface area contributed by atoms with E-state index in [4.69, 9.17) is 0 Å². The lowest BCUT2D eigenvalue weighted by Crippen LogP contribution is -2.27. The molecular formula is C52H76Br2.